The van der Waals surface area contributed by atoms with Gasteiger partial charge in [0, 0.05) is 12.4 Å². The fourth-order valence-corrected chi connectivity index (χ4v) is 2.42. The molecule has 2 aromatic rings. The zero-order chi connectivity index (χ0) is 13.6. The van der Waals surface area contributed by atoms with Crippen molar-refractivity contribution in [3.05, 3.63) is 58.4 Å². The van der Waals surface area contributed by atoms with Gasteiger partial charge in [-0.25, -0.2) is 4.90 Å². The summed E-state index contributed by atoms with van der Waals surface area (Å²) in [6, 6.07) is 6.74. The number of amides is 2. The van der Waals surface area contributed by atoms with Crippen LogP contribution in [-0.2, 0) is 0 Å². The number of aryl methyl sites for hydroxylation is 1. The molecule has 2 heterocycles. The number of imide groups is 1. The summed E-state index contributed by atoms with van der Waals surface area (Å²) in [5.74, 6) is -0.757. The van der Waals surface area contributed by atoms with E-state index in [1.807, 2.05) is 13.0 Å². The lowest BCUT2D eigenvalue weighted by Crippen LogP contribution is -2.29. The summed E-state index contributed by atoms with van der Waals surface area (Å²) in [5.41, 5.74) is 2.03. The molecule has 1 aromatic heterocycles. The van der Waals surface area contributed by atoms with E-state index in [-0.39, 0.29) is 11.8 Å². The maximum absolute atomic E-state index is 12.3. The maximum Gasteiger partial charge on any atom is 0.267 e. The largest absolute Gasteiger partial charge is 0.268 e. The highest BCUT2D eigenvalue weighted by Crippen LogP contribution is 2.33. The van der Waals surface area contributed by atoms with E-state index in [9.17, 15) is 9.59 Å². The van der Waals surface area contributed by atoms with Gasteiger partial charge in [-0.1, -0.05) is 17.7 Å². The van der Waals surface area contributed by atoms with Crippen molar-refractivity contribution < 1.29 is 9.59 Å². The Morgan fingerprint density at radius 1 is 1.11 bits per heavy atom. The zero-order valence-electron chi connectivity index (χ0n) is 10.1. The molecule has 0 bridgehead atoms. The van der Waals surface area contributed by atoms with E-state index >= 15 is 0 Å². The number of hydrogen-bond acceptors (Lipinski definition) is 3. The molecule has 1 aliphatic heterocycles. The van der Waals surface area contributed by atoms with Crippen LogP contribution in [-0.4, -0.2) is 16.8 Å². The van der Waals surface area contributed by atoms with Gasteiger partial charge in [0.25, 0.3) is 11.8 Å². The Morgan fingerprint density at radius 2 is 1.84 bits per heavy atom. The van der Waals surface area contributed by atoms with Gasteiger partial charge in [-0.3, -0.25) is 14.6 Å². The van der Waals surface area contributed by atoms with Crippen LogP contribution in [0, 0.1) is 6.92 Å². The Morgan fingerprint density at radius 3 is 2.53 bits per heavy atom. The van der Waals surface area contributed by atoms with Crippen LogP contribution in [0.15, 0.2) is 36.7 Å². The molecule has 0 radical (unpaired) electrons. The summed E-state index contributed by atoms with van der Waals surface area (Å²) in [6.45, 7) is 1.89. The van der Waals surface area contributed by atoms with Gasteiger partial charge in [-0.15, -0.1) is 0 Å². The van der Waals surface area contributed by atoms with Crippen LogP contribution in [0.3, 0.4) is 0 Å². The number of fused-ring (bicyclic) bond motifs is 1. The second-order valence-electron chi connectivity index (χ2n) is 4.32. The average Bonchev–Trinajstić information content (AvgIpc) is 2.64. The fraction of sp³-hybridized carbons (Fsp3) is 0.0714. The lowest BCUT2D eigenvalue weighted by atomic mass is 10.2. The number of nitrogens with zero attached hydrogens (tertiary/aromatic N) is 2. The topological polar surface area (TPSA) is 50.3 Å². The van der Waals surface area contributed by atoms with Crippen LogP contribution in [0.1, 0.15) is 26.3 Å². The van der Waals surface area contributed by atoms with Gasteiger partial charge in [-0.05, 0) is 30.7 Å². The van der Waals surface area contributed by atoms with E-state index in [2.05, 4.69) is 4.98 Å². The number of benzene rings is 1. The first-order valence-corrected chi connectivity index (χ1v) is 6.06. The molecule has 1 aromatic carbocycles. The Kier molecular flexibility index (Phi) is 2.61. The van der Waals surface area contributed by atoms with E-state index < -0.39 is 0 Å². The molecule has 0 saturated carbocycles. The number of hydrogen-bond donors (Lipinski definition) is 0. The molecule has 0 atom stereocenters. The van der Waals surface area contributed by atoms with Crippen molar-refractivity contribution in [3.8, 4) is 0 Å². The molecular formula is C14H9ClN2O2. The number of rotatable bonds is 1. The summed E-state index contributed by atoms with van der Waals surface area (Å²) in [4.78, 5) is 29.5. The molecule has 3 rings (SSSR count). The third-order valence-electron chi connectivity index (χ3n) is 3.03. The van der Waals surface area contributed by atoms with Gasteiger partial charge in [0.15, 0.2) is 0 Å². The molecule has 0 saturated heterocycles. The number of pyridine rings is 1. The minimum absolute atomic E-state index is 0.309. The molecule has 0 fully saturated rings. The Balaban J connectivity index is 2.14. The Labute approximate surface area is 114 Å². The number of carbonyl (C=O) groups is 2. The molecule has 19 heavy (non-hydrogen) atoms. The normalized spacial score (nSPS) is 13.9. The highest BCUT2D eigenvalue weighted by Gasteiger charge is 2.37. The molecule has 4 nitrogen and oxygen atoms in total. The number of anilines is 1. The summed E-state index contributed by atoms with van der Waals surface area (Å²) in [7, 11) is 0. The second-order valence-corrected chi connectivity index (χ2v) is 4.73. The second kappa shape index (κ2) is 4.17. The first-order valence-electron chi connectivity index (χ1n) is 5.68. The van der Waals surface area contributed by atoms with Gasteiger partial charge in [-0.2, -0.15) is 0 Å². The van der Waals surface area contributed by atoms with Crippen molar-refractivity contribution in [1.82, 2.24) is 4.98 Å². The van der Waals surface area contributed by atoms with Crippen molar-refractivity contribution in [2.75, 3.05) is 4.90 Å². The highest BCUT2D eigenvalue weighted by atomic mass is 35.5. The minimum atomic E-state index is -0.390. The highest BCUT2D eigenvalue weighted by molar-refractivity contribution is 6.39. The van der Waals surface area contributed by atoms with Crippen molar-refractivity contribution in [1.29, 1.82) is 0 Å². The van der Waals surface area contributed by atoms with Gasteiger partial charge >= 0.3 is 0 Å². The fourth-order valence-electron chi connectivity index (χ4n) is 2.10. The monoisotopic (exact) mass is 272 g/mol. The quantitative estimate of drug-likeness (QED) is 0.750. The van der Waals surface area contributed by atoms with E-state index in [1.165, 1.54) is 18.5 Å². The van der Waals surface area contributed by atoms with E-state index in [0.29, 0.717) is 21.8 Å². The third kappa shape index (κ3) is 1.72. The third-order valence-corrected chi connectivity index (χ3v) is 3.33. The molecule has 0 spiro atoms. The van der Waals surface area contributed by atoms with Crippen LogP contribution < -0.4 is 4.90 Å². The molecule has 94 valence electrons. The number of carbonyl (C=O) groups excluding carboxylic acids is 2. The van der Waals surface area contributed by atoms with Gasteiger partial charge in [0.05, 0.1) is 21.8 Å². The van der Waals surface area contributed by atoms with Crippen LogP contribution in [0.25, 0.3) is 0 Å². The smallest absolute Gasteiger partial charge is 0.267 e. The molecule has 0 aliphatic carbocycles. The zero-order valence-corrected chi connectivity index (χ0v) is 10.8. The molecule has 2 amide bonds. The summed E-state index contributed by atoms with van der Waals surface area (Å²) >= 11 is 6.12. The minimum Gasteiger partial charge on any atom is -0.268 e. The van der Waals surface area contributed by atoms with E-state index in [4.69, 9.17) is 11.6 Å². The SMILES string of the molecule is Cc1ccc(N2C(=O)c3ccncc3C2=O)c(Cl)c1. The molecule has 0 unspecified atom stereocenters. The maximum atomic E-state index is 12.3. The van der Waals surface area contributed by atoms with Crippen molar-refractivity contribution >= 4 is 29.1 Å². The van der Waals surface area contributed by atoms with Crippen LogP contribution in [0.2, 0.25) is 5.02 Å². The van der Waals surface area contributed by atoms with E-state index in [0.717, 1.165) is 10.5 Å². The summed E-state index contributed by atoms with van der Waals surface area (Å²) in [5, 5.41) is 0.377. The van der Waals surface area contributed by atoms with Crippen molar-refractivity contribution in [2.45, 2.75) is 6.92 Å². The van der Waals surface area contributed by atoms with Crippen molar-refractivity contribution in [2.24, 2.45) is 0 Å². The molecule has 0 N–H and O–H groups in total. The Bertz CT molecular complexity index is 677. The van der Waals surface area contributed by atoms with Crippen LogP contribution in [0.5, 0.6) is 0 Å². The first kappa shape index (κ1) is 11.9. The predicted molar refractivity (Wildman–Crippen MR) is 71.6 cm³/mol. The summed E-state index contributed by atoms with van der Waals surface area (Å²) in [6.07, 6.45) is 2.89. The lowest BCUT2D eigenvalue weighted by Gasteiger charge is -2.15. The number of aromatic nitrogens is 1. The predicted octanol–water partition coefficient (Wildman–Crippen LogP) is 2.84. The van der Waals surface area contributed by atoms with Crippen molar-refractivity contribution in [3.63, 3.8) is 0 Å². The molecular weight excluding hydrogens is 264 g/mol. The summed E-state index contributed by atoms with van der Waals surface area (Å²) < 4.78 is 0. The Hall–Kier alpha value is -2.20. The molecule has 5 heteroatoms. The standard InChI is InChI=1S/C14H9ClN2O2/c1-8-2-3-12(11(15)6-8)17-13(18)9-4-5-16-7-10(9)14(17)19/h2-7H,1H3. The van der Waals surface area contributed by atoms with Gasteiger partial charge in [0.2, 0.25) is 0 Å². The van der Waals surface area contributed by atoms with Crippen LogP contribution in [0.4, 0.5) is 5.69 Å². The molecule has 1 aliphatic rings. The van der Waals surface area contributed by atoms with Gasteiger partial charge < -0.3 is 0 Å². The number of halogens is 1. The van der Waals surface area contributed by atoms with E-state index in [1.54, 1.807) is 12.1 Å². The lowest BCUT2D eigenvalue weighted by molar-refractivity contribution is 0.0926. The first-order chi connectivity index (χ1) is 9.09. The van der Waals surface area contributed by atoms with Crippen LogP contribution >= 0.6 is 11.6 Å². The van der Waals surface area contributed by atoms with Gasteiger partial charge in [0.1, 0.15) is 0 Å². The average molecular weight is 273 g/mol.